The highest BCUT2D eigenvalue weighted by atomic mass is 35.5. The Morgan fingerprint density at radius 1 is 1.44 bits per heavy atom. The summed E-state index contributed by atoms with van der Waals surface area (Å²) in [5.41, 5.74) is 7.33. The fourth-order valence-corrected chi connectivity index (χ4v) is 1.75. The van der Waals surface area contributed by atoms with Gasteiger partial charge in [-0.25, -0.2) is 0 Å². The van der Waals surface area contributed by atoms with Crippen molar-refractivity contribution in [3.05, 3.63) is 23.2 Å². The van der Waals surface area contributed by atoms with Crippen LogP contribution in [0.1, 0.15) is 0 Å². The van der Waals surface area contributed by atoms with Crippen molar-refractivity contribution in [3.8, 4) is 0 Å². The van der Waals surface area contributed by atoms with Crippen LogP contribution in [0.15, 0.2) is 18.2 Å². The molecule has 3 N–H and O–H groups in total. The van der Waals surface area contributed by atoms with E-state index >= 15 is 0 Å². The maximum Gasteiger partial charge on any atom is 0.0981 e. The molecule has 1 fully saturated rings. The van der Waals surface area contributed by atoms with Gasteiger partial charge >= 0.3 is 0 Å². The molecule has 1 unspecified atom stereocenters. The Hall–Kier alpha value is -0.970. The SMILES string of the molecule is Nc1cc(Cl)ccc1NCC1COCCO1. The van der Waals surface area contributed by atoms with E-state index in [4.69, 9.17) is 26.8 Å². The zero-order valence-corrected chi connectivity index (χ0v) is 9.67. The molecular weight excluding hydrogens is 228 g/mol. The van der Waals surface area contributed by atoms with E-state index in [2.05, 4.69) is 5.32 Å². The van der Waals surface area contributed by atoms with E-state index in [0.717, 1.165) is 5.69 Å². The monoisotopic (exact) mass is 242 g/mol. The highest BCUT2D eigenvalue weighted by Crippen LogP contribution is 2.22. The van der Waals surface area contributed by atoms with E-state index in [1.807, 2.05) is 6.07 Å². The van der Waals surface area contributed by atoms with Crippen molar-refractivity contribution in [1.82, 2.24) is 0 Å². The fraction of sp³-hybridized carbons (Fsp3) is 0.455. The van der Waals surface area contributed by atoms with Gasteiger partial charge in [0.25, 0.3) is 0 Å². The Morgan fingerprint density at radius 3 is 3.00 bits per heavy atom. The number of benzene rings is 1. The molecule has 0 amide bonds. The lowest BCUT2D eigenvalue weighted by Gasteiger charge is -2.23. The van der Waals surface area contributed by atoms with E-state index in [9.17, 15) is 0 Å². The molecule has 16 heavy (non-hydrogen) atoms. The summed E-state index contributed by atoms with van der Waals surface area (Å²) in [7, 11) is 0. The van der Waals surface area contributed by atoms with Crippen molar-refractivity contribution >= 4 is 23.0 Å². The van der Waals surface area contributed by atoms with Crippen LogP contribution >= 0.6 is 11.6 Å². The molecule has 2 rings (SSSR count). The van der Waals surface area contributed by atoms with Gasteiger partial charge in [0.1, 0.15) is 0 Å². The van der Waals surface area contributed by atoms with Gasteiger partial charge in [0.2, 0.25) is 0 Å². The predicted molar refractivity (Wildman–Crippen MR) is 64.9 cm³/mol. The van der Waals surface area contributed by atoms with Crippen molar-refractivity contribution in [2.24, 2.45) is 0 Å². The molecule has 0 bridgehead atoms. The van der Waals surface area contributed by atoms with E-state index in [1.165, 1.54) is 0 Å². The smallest absolute Gasteiger partial charge is 0.0981 e. The van der Waals surface area contributed by atoms with Gasteiger partial charge < -0.3 is 20.5 Å². The van der Waals surface area contributed by atoms with Crippen LogP contribution in [0.2, 0.25) is 5.02 Å². The molecule has 0 aromatic heterocycles. The molecule has 1 aromatic carbocycles. The van der Waals surface area contributed by atoms with Crippen molar-refractivity contribution in [2.45, 2.75) is 6.10 Å². The summed E-state index contributed by atoms with van der Waals surface area (Å²) in [6.45, 7) is 2.65. The van der Waals surface area contributed by atoms with Crippen LogP contribution in [0.4, 0.5) is 11.4 Å². The van der Waals surface area contributed by atoms with Crippen LogP contribution in [-0.4, -0.2) is 32.5 Å². The average Bonchev–Trinajstić information content (AvgIpc) is 2.29. The molecule has 1 aliphatic rings. The number of nitrogens with two attached hydrogens (primary N) is 1. The number of ether oxygens (including phenoxy) is 2. The maximum atomic E-state index is 5.82. The molecule has 1 atom stereocenters. The van der Waals surface area contributed by atoms with Crippen LogP contribution < -0.4 is 11.1 Å². The minimum Gasteiger partial charge on any atom is -0.397 e. The first kappa shape index (κ1) is 11.5. The molecule has 1 aromatic rings. The van der Waals surface area contributed by atoms with Gasteiger partial charge in [-0.15, -0.1) is 0 Å². The quantitative estimate of drug-likeness (QED) is 0.793. The standard InChI is InChI=1S/C11H15ClN2O2/c12-8-1-2-11(10(13)5-8)14-6-9-7-15-3-4-16-9/h1-2,5,9,14H,3-4,6-7,13H2. The number of hydrogen-bond donors (Lipinski definition) is 2. The molecule has 1 aliphatic heterocycles. The average molecular weight is 243 g/mol. The van der Waals surface area contributed by atoms with E-state index in [1.54, 1.807) is 12.1 Å². The van der Waals surface area contributed by atoms with Gasteiger partial charge in [-0.1, -0.05) is 11.6 Å². The van der Waals surface area contributed by atoms with Gasteiger partial charge in [-0.2, -0.15) is 0 Å². The molecule has 1 saturated heterocycles. The van der Waals surface area contributed by atoms with Crippen LogP contribution in [0.5, 0.6) is 0 Å². The van der Waals surface area contributed by atoms with Crippen LogP contribution in [0, 0.1) is 0 Å². The van der Waals surface area contributed by atoms with E-state index in [0.29, 0.717) is 37.1 Å². The van der Waals surface area contributed by atoms with Gasteiger partial charge in [-0.3, -0.25) is 0 Å². The zero-order chi connectivity index (χ0) is 11.4. The van der Waals surface area contributed by atoms with Crippen molar-refractivity contribution in [2.75, 3.05) is 37.4 Å². The zero-order valence-electron chi connectivity index (χ0n) is 8.91. The minimum atomic E-state index is 0.0869. The Morgan fingerprint density at radius 2 is 2.31 bits per heavy atom. The molecule has 4 nitrogen and oxygen atoms in total. The Bertz CT molecular complexity index is 354. The summed E-state index contributed by atoms with van der Waals surface area (Å²) in [5, 5.41) is 3.86. The highest BCUT2D eigenvalue weighted by molar-refractivity contribution is 6.31. The number of hydrogen-bond acceptors (Lipinski definition) is 4. The Kier molecular flexibility index (Phi) is 3.88. The lowest BCUT2D eigenvalue weighted by atomic mass is 10.2. The fourth-order valence-electron chi connectivity index (χ4n) is 1.57. The predicted octanol–water partition coefficient (Wildman–Crippen LogP) is 1.75. The highest BCUT2D eigenvalue weighted by Gasteiger charge is 2.14. The van der Waals surface area contributed by atoms with Crippen LogP contribution in [0.25, 0.3) is 0 Å². The van der Waals surface area contributed by atoms with Gasteiger partial charge in [0, 0.05) is 11.6 Å². The van der Waals surface area contributed by atoms with Gasteiger partial charge in [0.05, 0.1) is 37.3 Å². The second kappa shape index (κ2) is 5.39. The summed E-state index contributed by atoms with van der Waals surface area (Å²) in [6.07, 6.45) is 0.0869. The second-order valence-corrected chi connectivity index (χ2v) is 4.12. The van der Waals surface area contributed by atoms with Crippen LogP contribution in [0.3, 0.4) is 0 Å². The summed E-state index contributed by atoms with van der Waals surface area (Å²) in [4.78, 5) is 0. The minimum absolute atomic E-state index is 0.0869. The summed E-state index contributed by atoms with van der Waals surface area (Å²) in [5.74, 6) is 0. The lowest BCUT2D eigenvalue weighted by molar-refractivity contribution is -0.0818. The van der Waals surface area contributed by atoms with Crippen molar-refractivity contribution in [1.29, 1.82) is 0 Å². The maximum absolute atomic E-state index is 5.82. The number of halogens is 1. The van der Waals surface area contributed by atoms with Crippen LogP contribution in [-0.2, 0) is 9.47 Å². The molecule has 1 heterocycles. The first-order chi connectivity index (χ1) is 7.75. The van der Waals surface area contributed by atoms with Gasteiger partial charge in [0.15, 0.2) is 0 Å². The van der Waals surface area contributed by atoms with Crippen molar-refractivity contribution in [3.63, 3.8) is 0 Å². The lowest BCUT2D eigenvalue weighted by Crippen LogP contribution is -2.34. The number of nitrogens with one attached hydrogen (secondary N) is 1. The Balaban J connectivity index is 1.88. The summed E-state index contributed by atoms with van der Waals surface area (Å²) >= 11 is 5.81. The number of nitrogen functional groups attached to an aromatic ring is 1. The third kappa shape index (κ3) is 3.01. The third-order valence-electron chi connectivity index (χ3n) is 2.42. The molecular formula is C11H15ClN2O2. The van der Waals surface area contributed by atoms with Gasteiger partial charge in [-0.05, 0) is 18.2 Å². The number of rotatable bonds is 3. The molecule has 0 aliphatic carbocycles. The normalized spacial score (nSPS) is 20.7. The molecule has 0 saturated carbocycles. The molecule has 0 radical (unpaired) electrons. The third-order valence-corrected chi connectivity index (χ3v) is 2.65. The topological polar surface area (TPSA) is 56.5 Å². The first-order valence-electron chi connectivity index (χ1n) is 5.24. The first-order valence-corrected chi connectivity index (χ1v) is 5.62. The molecule has 5 heteroatoms. The summed E-state index contributed by atoms with van der Waals surface area (Å²) < 4.78 is 10.8. The van der Waals surface area contributed by atoms with E-state index in [-0.39, 0.29) is 6.10 Å². The molecule has 0 spiro atoms. The Labute approximate surface area is 99.7 Å². The van der Waals surface area contributed by atoms with Crippen molar-refractivity contribution < 1.29 is 9.47 Å². The summed E-state index contributed by atoms with van der Waals surface area (Å²) in [6, 6.07) is 5.39. The van der Waals surface area contributed by atoms with E-state index < -0.39 is 0 Å². The molecule has 88 valence electrons. The number of anilines is 2. The second-order valence-electron chi connectivity index (χ2n) is 3.68. The largest absolute Gasteiger partial charge is 0.397 e.